The van der Waals surface area contributed by atoms with E-state index in [0.29, 0.717) is 22.3 Å². The van der Waals surface area contributed by atoms with Gasteiger partial charge in [0.05, 0.1) is 19.0 Å². The third-order valence-electron chi connectivity index (χ3n) is 3.95. The number of aromatic amines is 7. The minimum absolute atomic E-state index is 0.0783. The lowest BCUT2D eigenvalue weighted by atomic mass is 10.5. The molecule has 0 spiro atoms. The van der Waals surface area contributed by atoms with Gasteiger partial charge >= 0.3 is 5.69 Å². The SMILES string of the molecule is Nc1nc2nc[nH]c2c(=O)[nH]1.Nc1nc2nc[nH]c2c(=O)[nH]1.O=c1[nH]c(=O)c2[nH]cnc2[nH]1. The van der Waals surface area contributed by atoms with Crippen LogP contribution in [0, 0.1) is 0 Å². The minimum Gasteiger partial charge on any atom is -0.369 e. The summed E-state index contributed by atoms with van der Waals surface area (Å²) >= 11 is 0. The molecule has 0 fully saturated rings. The van der Waals surface area contributed by atoms with Gasteiger partial charge in [0.1, 0.15) is 5.52 Å². The zero-order valence-corrected chi connectivity index (χ0v) is 16.3. The topological polar surface area (TPSA) is 295 Å². The summed E-state index contributed by atoms with van der Waals surface area (Å²) in [6.45, 7) is 0. The lowest BCUT2D eigenvalue weighted by Crippen LogP contribution is -2.21. The van der Waals surface area contributed by atoms with Gasteiger partial charge in [-0.25, -0.2) is 19.7 Å². The van der Waals surface area contributed by atoms with Crippen molar-refractivity contribution in [1.29, 1.82) is 0 Å². The van der Waals surface area contributed by atoms with Crippen LogP contribution in [0.1, 0.15) is 0 Å². The zero-order valence-electron chi connectivity index (χ0n) is 16.3. The molecule has 11 N–H and O–H groups in total. The Morgan fingerprint density at radius 2 is 1.03 bits per heavy atom. The number of hydrogen-bond donors (Lipinski definition) is 9. The highest BCUT2D eigenvalue weighted by Crippen LogP contribution is 1.99. The van der Waals surface area contributed by atoms with Crippen molar-refractivity contribution >= 4 is 45.4 Å². The second kappa shape index (κ2) is 8.29. The summed E-state index contributed by atoms with van der Waals surface area (Å²) in [5.74, 6) is 0.157. The molecule has 18 nitrogen and oxygen atoms in total. The van der Waals surface area contributed by atoms with E-state index < -0.39 is 11.2 Å². The Kier molecular flexibility index (Phi) is 5.21. The zero-order chi connectivity index (χ0) is 23.5. The van der Waals surface area contributed by atoms with Crippen molar-refractivity contribution < 1.29 is 0 Å². The first kappa shape index (κ1) is 20.7. The molecule has 6 aromatic heterocycles. The van der Waals surface area contributed by atoms with Crippen LogP contribution in [0.5, 0.6) is 0 Å². The quantitative estimate of drug-likeness (QED) is 0.114. The van der Waals surface area contributed by atoms with Crippen LogP contribution in [0.25, 0.3) is 33.5 Å². The van der Waals surface area contributed by atoms with Crippen LogP contribution >= 0.6 is 0 Å². The third kappa shape index (κ3) is 4.33. The molecule has 0 bridgehead atoms. The van der Waals surface area contributed by atoms with Crippen molar-refractivity contribution in [3.8, 4) is 0 Å². The molecule has 0 unspecified atom stereocenters. The van der Waals surface area contributed by atoms with Crippen molar-refractivity contribution in [2.75, 3.05) is 11.5 Å². The summed E-state index contributed by atoms with van der Waals surface area (Å²) in [5.41, 5.74) is 10.9. The molecule has 6 rings (SSSR count). The van der Waals surface area contributed by atoms with Crippen LogP contribution in [0.4, 0.5) is 11.9 Å². The normalized spacial score (nSPS) is 10.5. The first-order valence-electron chi connectivity index (χ1n) is 8.85. The van der Waals surface area contributed by atoms with Gasteiger partial charge in [0.2, 0.25) is 11.9 Å². The fourth-order valence-electron chi connectivity index (χ4n) is 2.59. The van der Waals surface area contributed by atoms with E-state index in [9.17, 15) is 19.2 Å². The summed E-state index contributed by atoms with van der Waals surface area (Å²) in [4.78, 5) is 79.4. The van der Waals surface area contributed by atoms with Crippen LogP contribution in [0.2, 0.25) is 0 Å². The van der Waals surface area contributed by atoms with Crippen LogP contribution in [0.15, 0.2) is 38.2 Å². The highest BCUT2D eigenvalue weighted by atomic mass is 16.2. The molecule has 0 aliphatic rings. The van der Waals surface area contributed by atoms with Gasteiger partial charge in [-0.05, 0) is 0 Å². The van der Waals surface area contributed by atoms with Gasteiger partial charge in [0, 0.05) is 0 Å². The molecular formula is C15H14N14O4. The number of nitrogens with zero attached hydrogens (tertiary/aromatic N) is 5. The second-order valence-corrected chi connectivity index (χ2v) is 6.14. The summed E-state index contributed by atoms with van der Waals surface area (Å²) in [7, 11) is 0. The molecule has 0 atom stereocenters. The Morgan fingerprint density at radius 3 is 1.58 bits per heavy atom. The van der Waals surface area contributed by atoms with Crippen LogP contribution < -0.4 is 33.8 Å². The summed E-state index contributed by atoms with van der Waals surface area (Å²) in [5, 5.41) is 0. The highest BCUT2D eigenvalue weighted by Gasteiger charge is 2.03. The van der Waals surface area contributed by atoms with E-state index in [4.69, 9.17) is 11.5 Å². The van der Waals surface area contributed by atoms with Gasteiger partial charge < -0.3 is 26.4 Å². The lowest BCUT2D eigenvalue weighted by Gasteiger charge is -1.89. The molecule has 0 saturated heterocycles. The number of nitrogen functional groups attached to an aromatic ring is 2. The van der Waals surface area contributed by atoms with Gasteiger partial charge in [-0.2, -0.15) is 9.97 Å². The number of aromatic nitrogens is 12. The van der Waals surface area contributed by atoms with Crippen molar-refractivity contribution in [2.45, 2.75) is 0 Å². The molecule has 0 saturated carbocycles. The van der Waals surface area contributed by atoms with E-state index in [1.165, 1.54) is 19.0 Å². The summed E-state index contributed by atoms with van der Waals surface area (Å²) in [6, 6.07) is 0. The molecule has 6 heterocycles. The molecular weight excluding hydrogens is 440 g/mol. The van der Waals surface area contributed by atoms with E-state index >= 15 is 0 Å². The fraction of sp³-hybridized carbons (Fsp3) is 0. The van der Waals surface area contributed by atoms with Crippen molar-refractivity contribution in [3.63, 3.8) is 0 Å². The molecule has 168 valence electrons. The molecule has 0 aliphatic heterocycles. The minimum atomic E-state index is -0.547. The Labute approximate surface area is 178 Å². The van der Waals surface area contributed by atoms with Gasteiger partial charge in [-0.15, -0.1) is 0 Å². The lowest BCUT2D eigenvalue weighted by molar-refractivity contribution is 1.07. The maximum absolute atomic E-state index is 11.0. The van der Waals surface area contributed by atoms with E-state index in [1.807, 2.05) is 0 Å². The number of rotatable bonds is 0. The average molecular weight is 454 g/mol. The first-order valence-corrected chi connectivity index (χ1v) is 8.85. The van der Waals surface area contributed by atoms with Crippen molar-refractivity contribution in [3.05, 3.63) is 60.5 Å². The number of fused-ring (bicyclic) bond motifs is 3. The smallest absolute Gasteiger partial charge is 0.327 e. The number of nitrogens with one attached hydrogen (secondary N) is 7. The number of anilines is 2. The molecule has 0 radical (unpaired) electrons. The van der Waals surface area contributed by atoms with Crippen LogP contribution in [-0.2, 0) is 0 Å². The van der Waals surface area contributed by atoms with Gasteiger partial charge in [-0.1, -0.05) is 0 Å². The van der Waals surface area contributed by atoms with Gasteiger partial charge in [0.25, 0.3) is 16.7 Å². The van der Waals surface area contributed by atoms with E-state index in [1.54, 1.807) is 0 Å². The molecule has 33 heavy (non-hydrogen) atoms. The monoisotopic (exact) mass is 454 g/mol. The number of imidazole rings is 3. The first-order chi connectivity index (χ1) is 15.8. The number of H-pyrrole nitrogens is 7. The average Bonchev–Trinajstić information content (AvgIpc) is 3.48. The number of nitrogens with two attached hydrogens (primary N) is 2. The summed E-state index contributed by atoms with van der Waals surface area (Å²) in [6.07, 6.45) is 4.13. The Morgan fingerprint density at radius 1 is 0.576 bits per heavy atom. The van der Waals surface area contributed by atoms with Crippen LogP contribution in [-0.4, -0.2) is 59.8 Å². The van der Waals surface area contributed by atoms with Gasteiger partial charge in [-0.3, -0.25) is 34.3 Å². The van der Waals surface area contributed by atoms with Crippen LogP contribution in [0.3, 0.4) is 0 Å². The molecule has 0 aromatic carbocycles. The maximum Gasteiger partial charge on any atom is 0.327 e. The van der Waals surface area contributed by atoms with Gasteiger partial charge in [0.15, 0.2) is 28.0 Å². The highest BCUT2D eigenvalue weighted by molar-refractivity contribution is 5.70. The number of hydrogen-bond acceptors (Lipinski definition) is 11. The predicted octanol–water partition coefficient (Wildman–Crippen LogP) is -2.60. The second-order valence-electron chi connectivity index (χ2n) is 6.14. The Balaban J connectivity index is 0.000000118. The predicted molar refractivity (Wildman–Crippen MR) is 115 cm³/mol. The van der Waals surface area contributed by atoms with E-state index in [-0.39, 0.29) is 34.2 Å². The largest absolute Gasteiger partial charge is 0.369 e. The third-order valence-corrected chi connectivity index (χ3v) is 3.95. The summed E-state index contributed by atoms with van der Waals surface area (Å²) < 4.78 is 0. The fourth-order valence-corrected chi connectivity index (χ4v) is 2.59. The molecule has 6 aromatic rings. The van der Waals surface area contributed by atoms with Crippen molar-refractivity contribution in [1.82, 2.24) is 59.8 Å². The molecule has 0 amide bonds. The van der Waals surface area contributed by atoms with Crippen molar-refractivity contribution in [2.24, 2.45) is 0 Å². The maximum atomic E-state index is 11.0. The van der Waals surface area contributed by atoms with E-state index in [2.05, 4.69) is 59.8 Å². The Bertz CT molecular complexity index is 1710. The molecule has 18 heteroatoms. The molecule has 0 aliphatic carbocycles. The van der Waals surface area contributed by atoms with E-state index in [0.717, 1.165) is 0 Å². The Hall–Kier alpha value is -5.55. The standard InChI is InChI=1S/2C5H5N5O.C5H4N4O2/c2*6-5-9-3-2(4(11)10-5)7-1-8-3;10-4-2-3(7-1-6-2)8-5(11)9-4/h2*1H,(H4,6,7,8,9,10,11);1H,(H3,6,7,8,9,10,11).